The van der Waals surface area contributed by atoms with Crippen LogP contribution in [0.3, 0.4) is 0 Å². The fourth-order valence-electron chi connectivity index (χ4n) is 2.66. The zero-order valence-electron chi connectivity index (χ0n) is 14.5. The van der Waals surface area contributed by atoms with E-state index in [1.54, 1.807) is 24.3 Å². The molecule has 0 aliphatic heterocycles. The van der Waals surface area contributed by atoms with Crippen molar-refractivity contribution in [3.05, 3.63) is 70.5 Å². The van der Waals surface area contributed by atoms with Crippen molar-refractivity contribution >= 4 is 49.4 Å². The van der Waals surface area contributed by atoms with Gasteiger partial charge in [0.15, 0.2) is 5.13 Å². The van der Waals surface area contributed by atoms with E-state index in [4.69, 9.17) is 0 Å². The standard InChI is InChI=1S/C19H15N5O3S/c25-16(10-20-19-22-14-7-3-4-8-15(14)28-19)23-24-18(27)12-9-11-5-1-2-6-13(11)21-17(12)26/h1-9H,10H2,(H,20,22)(H,21,26)(H,23,25)(H,24,27). The van der Waals surface area contributed by atoms with Crippen LogP contribution in [0, 0.1) is 0 Å². The summed E-state index contributed by atoms with van der Waals surface area (Å²) in [5.74, 6) is -1.16. The smallest absolute Gasteiger partial charge is 0.275 e. The molecule has 28 heavy (non-hydrogen) atoms. The lowest BCUT2D eigenvalue weighted by atomic mass is 10.1. The van der Waals surface area contributed by atoms with Gasteiger partial charge in [-0.05, 0) is 29.7 Å². The molecule has 8 nitrogen and oxygen atoms in total. The number of hydrogen-bond acceptors (Lipinski definition) is 6. The Morgan fingerprint density at radius 1 is 1.04 bits per heavy atom. The van der Waals surface area contributed by atoms with Crippen molar-refractivity contribution < 1.29 is 9.59 Å². The van der Waals surface area contributed by atoms with Gasteiger partial charge in [-0.1, -0.05) is 41.7 Å². The number of amides is 2. The molecule has 9 heteroatoms. The van der Waals surface area contributed by atoms with Gasteiger partial charge in [0, 0.05) is 5.52 Å². The van der Waals surface area contributed by atoms with Crippen LogP contribution in [0.15, 0.2) is 59.4 Å². The molecular formula is C19H15N5O3S. The van der Waals surface area contributed by atoms with Gasteiger partial charge in [-0.25, -0.2) is 4.98 Å². The molecule has 4 N–H and O–H groups in total. The van der Waals surface area contributed by atoms with Crippen molar-refractivity contribution in [1.82, 2.24) is 20.8 Å². The number of rotatable bonds is 4. The molecule has 0 saturated carbocycles. The normalized spacial score (nSPS) is 10.7. The molecule has 0 spiro atoms. The van der Waals surface area contributed by atoms with E-state index in [9.17, 15) is 14.4 Å². The first-order valence-electron chi connectivity index (χ1n) is 8.41. The lowest BCUT2D eigenvalue weighted by Crippen LogP contribution is -2.45. The molecule has 2 aromatic heterocycles. The Kier molecular flexibility index (Phi) is 4.73. The molecule has 2 amide bonds. The van der Waals surface area contributed by atoms with Crippen LogP contribution in [0.25, 0.3) is 21.1 Å². The molecule has 0 aliphatic rings. The number of anilines is 1. The highest BCUT2D eigenvalue weighted by Gasteiger charge is 2.13. The Morgan fingerprint density at radius 2 is 1.82 bits per heavy atom. The molecular weight excluding hydrogens is 378 g/mol. The van der Waals surface area contributed by atoms with Gasteiger partial charge >= 0.3 is 0 Å². The molecule has 0 atom stereocenters. The van der Waals surface area contributed by atoms with Crippen LogP contribution in [-0.2, 0) is 4.79 Å². The zero-order chi connectivity index (χ0) is 19.5. The Bertz CT molecular complexity index is 1210. The fraction of sp³-hybridized carbons (Fsp3) is 0.0526. The molecule has 140 valence electrons. The summed E-state index contributed by atoms with van der Waals surface area (Å²) >= 11 is 1.43. The minimum Gasteiger partial charge on any atom is -0.352 e. The van der Waals surface area contributed by atoms with Crippen LogP contribution < -0.4 is 21.7 Å². The van der Waals surface area contributed by atoms with Crippen LogP contribution in [-0.4, -0.2) is 28.3 Å². The van der Waals surface area contributed by atoms with E-state index >= 15 is 0 Å². The van der Waals surface area contributed by atoms with Gasteiger partial charge in [-0.2, -0.15) is 0 Å². The number of aromatic amines is 1. The first-order chi connectivity index (χ1) is 13.6. The van der Waals surface area contributed by atoms with Crippen molar-refractivity contribution in [2.45, 2.75) is 0 Å². The zero-order valence-corrected chi connectivity index (χ0v) is 15.3. The number of carbonyl (C=O) groups excluding carboxylic acids is 2. The third kappa shape index (κ3) is 3.69. The van der Waals surface area contributed by atoms with E-state index in [1.165, 1.54) is 17.4 Å². The summed E-state index contributed by atoms with van der Waals surface area (Å²) in [4.78, 5) is 43.3. The maximum atomic E-state index is 12.2. The van der Waals surface area contributed by atoms with Gasteiger partial charge in [-0.15, -0.1) is 0 Å². The number of H-pyrrole nitrogens is 1. The molecule has 0 fully saturated rings. The molecule has 0 saturated heterocycles. The second-order valence-corrected chi connectivity index (χ2v) is 6.97. The highest BCUT2D eigenvalue weighted by molar-refractivity contribution is 7.22. The topological polar surface area (TPSA) is 116 Å². The number of nitrogens with zero attached hydrogens (tertiary/aromatic N) is 1. The largest absolute Gasteiger partial charge is 0.352 e. The highest BCUT2D eigenvalue weighted by Crippen LogP contribution is 2.24. The Labute approximate surface area is 162 Å². The predicted molar refractivity (Wildman–Crippen MR) is 108 cm³/mol. The van der Waals surface area contributed by atoms with E-state index in [2.05, 4.69) is 26.1 Å². The summed E-state index contributed by atoms with van der Waals surface area (Å²) < 4.78 is 1.01. The SMILES string of the molecule is O=C(CNc1nc2ccccc2s1)NNC(=O)c1cc2ccccc2[nH]c1=O. The number of hydrogen-bond donors (Lipinski definition) is 4. The number of nitrogens with one attached hydrogen (secondary N) is 4. The number of aromatic nitrogens is 2. The van der Waals surface area contributed by atoms with E-state index in [-0.39, 0.29) is 12.1 Å². The molecule has 0 aliphatic carbocycles. The number of carbonyl (C=O) groups is 2. The number of fused-ring (bicyclic) bond motifs is 2. The van der Waals surface area contributed by atoms with Crippen LogP contribution >= 0.6 is 11.3 Å². The van der Waals surface area contributed by atoms with Gasteiger partial charge in [-0.3, -0.25) is 25.2 Å². The maximum Gasteiger partial charge on any atom is 0.275 e. The molecule has 4 aromatic rings. The first-order valence-corrected chi connectivity index (χ1v) is 9.22. The van der Waals surface area contributed by atoms with Crippen molar-refractivity contribution in [3.8, 4) is 0 Å². The lowest BCUT2D eigenvalue weighted by Gasteiger charge is -2.08. The summed E-state index contributed by atoms with van der Waals surface area (Å²) in [7, 11) is 0. The lowest BCUT2D eigenvalue weighted by molar-refractivity contribution is -0.120. The molecule has 0 bridgehead atoms. The molecule has 2 aromatic carbocycles. The average molecular weight is 393 g/mol. The van der Waals surface area contributed by atoms with Crippen LogP contribution in [0.5, 0.6) is 0 Å². The molecule has 0 unspecified atom stereocenters. The number of pyridine rings is 1. The third-order valence-corrected chi connectivity index (χ3v) is 5.00. The number of benzene rings is 2. The van der Waals surface area contributed by atoms with Crippen molar-refractivity contribution in [3.63, 3.8) is 0 Å². The summed E-state index contributed by atoms with van der Waals surface area (Å²) in [6, 6.07) is 16.2. The minimum atomic E-state index is -0.694. The summed E-state index contributed by atoms with van der Waals surface area (Å²) in [6.07, 6.45) is 0. The summed E-state index contributed by atoms with van der Waals surface area (Å²) in [6.45, 7) is -0.0752. The molecule has 0 radical (unpaired) electrons. The van der Waals surface area contributed by atoms with Crippen molar-refractivity contribution in [2.75, 3.05) is 11.9 Å². The number of hydrazine groups is 1. The van der Waals surface area contributed by atoms with Gasteiger partial charge in [0.1, 0.15) is 5.56 Å². The van der Waals surface area contributed by atoms with Crippen LogP contribution in [0.4, 0.5) is 5.13 Å². The van der Waals surface area contributed by atoms with Gasteiger partial charge < -0.3 is 10.3 Å². The van der Waals surface area contributed by atoms with Crippen LogP contribution in [0.1, 0.15) is 10.4 Å². The van der Waals surface area contributed by atoms with E-state index < -0.39 is 17.4 Å². The second-order valence-electron chi connectivity index (χ2n) is 5.94. The van der Waals surface area contributed by atoms with Crippen LogP contribution in [0.2, 0.25) is 0 Å². The fourth-order valence-corrected chi connectivity index (χ4v) is 3.52. The second kappa shape index (κ2) is 7.49. The molecule has 4 rings (SSSR count). The molecule has 2 heterocycles. The van der Waals surface area contributed by atoms with Gasteiger partial charge in [0.05, 0.1) is 16.8 Å². The summed E-state index contributed by atoms with van der Waals surface area (Å²) in [5, 5.41) is 4.23. The summed E-state index contributed by atoms with van der Waals surface area (Å²) in [5.41, 5.74) is 5.40. The predicted octanol–water partition coefficient (Wildman–Crippen LogP) is 2.01. The number of para-hydroxylation sites is 2. The van der Waals surface area contributed by atoms with E-state index in [1.807, 2.05) is 24.3 Å². The third-order valence-electron chi connectivity index (χ3n) is 4.01. The van der Waals surface area contributed by atoms with E-state index in [0.717, 1.165) is 15.6 Å². The number of thiazole rings is 1. The van der Waals surface area contributed by atoms with Crippen molar-refractivity contribution in [1.29, 1.82) is 0 Å². The average Bonchev–Trinajstić information content (AvgIpc) is 3.13. The Balaban J connectivity index is 1.36. The highest BCUT2D eigenvalue weighted by atomic mass is 32.1. The quantitative estimate of drug-likeness (QED) is 0.396. The monoisotopic (exact) mass is 393 g/mol. The van der Waals surface area contributed by atoms with Gasteiger partial charge in [0.25, 0.3) is 17.4 Å². The Hall–Kier alpha value is -3.72. The van der Waals surface area contributed by atoms with E-state index in [0.29, 0.717) is 10.6 Å². The minimum absolute atomic E-state index is 0.0752. The first kappa shape index (κ1) is 17.7. The maximum absolute atomic E-state index is 12.2. The van der Waals surface area contributed by atoms with Crippen molar-refractivity contribution in [2.24, 2.45) is 0 Å². The van der Waals surface area contributed by atoms with Gasteiger partial charge in [0.2, 0.25) is 0 Å². The Morgan fingerprint density at radius 3 is 2.68 bits per heavy atom.